The number of nitrogens with zero attached hydrogens (tertiary/aromatic N) is 2. The van der Waals surface area contributed by atoms with Gasteiger partial charge in [-0.15, -0.1) is 0 Å². The van der Waals surface area contributed by atoms with Gasteiger partial charge in [0.05, 0.1) is 18.0 Å². The minimum Gasteiger partial charge on any atom is -0.494 e. The van der Waals surface area contributed by atoms with E-state index in [1.54, 1.807) is 36.4 Å². The summed E-state index contributed by atoms with van der Waals surface area (Å²) >= 11 is 5.60. The molecule has 154 valence electrons. The van der Waals surface area contributed by atoms with Crippen LogP contribution >= 0.6 is 12.2 Å². The van der Waals surface area contributed by atoms with E-state index in [2.05, 4.69) is 0 Å². The quantitative estimate of drug-likeness (QED) is 0.332. The predicted octanol–water partition coefficient (Wildman–Crippen LogP) is 4.83. The van der Waals surface area contributed by atoms with E-state index < -0.39 is 11.8 Å². The number of hydrogen-bond donors (Lipinski definition) is 0. The Labute approximate surface area is 186 Å². The molecule has 0 atom stereocenters. The van der Waals surface area contributed by atoms with Crippen LogP contribution < -0.4 is 14.5 Å². The van der Waals surface area contributed by atoms with Crippen LogP contribution in [0.3, 0.4) is 0 Å². The maximum atomic E-state index is 13.4. The van der Waals surface area contributed by atoms with E-state index in [4.69, 9.17) is 17.0 Å². The molecule has 1 saturated heterocycles. The summed E-state index contributed by atoms with van der Waals surface area (Å²) in [5.74, 6) is -0.256. The molecule has 0 N–H and O–H groups in total. The van der Waals surface area contributed by atoms with Crippen molar-refractivity contribution in [2.24, 2.45) is 0 Å². The van der Waals surface area contributed by atoms with Crippen molar-refractivity contribution >= 4 is 46.6 Å². The number of ether oxygens (including phenoxy) is 1. The second-order valence-corrected chi connectivity index (χ2v) is 7.16. The van der Waals surface area contributed by atoms with E-state index in [9.17, 15) is 9.59 Å². The zero-order chi connectivity index (χ0) is 21.8. The molecular weight excluding hydrogens is 408 g/mol. The fourth-order valence-corrected chi connectivity index (χ4v) is 3.74. The molecule has 0 saturated carbocycles. The highest BCUT2D eigenvalue weighted by Gasteiger charge is 2.41. The Balaban J connectivity index is 1.83. The Kier molecular flexibility index (Phi) is 5.91. The summed E-state index contributed by atoms with van der Waals surface area (Å²) in [7, 11) is 0. The number of carbonyl (C=O) groups excluding carboxylic acids is 2. The number of carbonyl (C=O) groups is 2. The van der Waals surface area contributed by atoms with E-state index in [0.29, 0.717) is 29.3 Å². The van der Waals surface area contributed by atoms with Crippen LogP contribution in [0.15, 0.2) is 90.5 Å². The van der Waals surface area contributed by atoms with Gasteiger partial charge >= 0.3 is 0 Å². The highest BCUT2D eigenvalue weighted by atomic mass is 32.1. The van der Waals surface area contributed by atoms with Crippen molar-refractivity contribution in [2.45, 2.75) is 6.92 Å². The number of para-hydroxylation sites is 2. The Morgan fingerprint density at radius 1 is 0.806 bits per heavy atom. The molecule has 0 bridgehead atoms. The zero-order valence-electron chi connectivity index (χ0n) is 16.9. The van der Waals surface area contributed by atoms with Crippen LogP contribution in [0.4, 0.5) is 11.4 Å². The first-order chi connectivity index (χ1) is 15.1. The van der Waals surface area contributed by atoms with E-state index in [1.165, 1.54) is 9.80 Å². The molecule has 2 amide bonds. The molecule has 5 nitrogen and oxygen atoms in total. The van der Waals surface area contributed by atoms with Gasteiger partial charge in [-0.2, -0.15) is 0 Å². The highest BCUT2D eigenvalue weighted by molar-refractivity contribution is 7.81. The summed E-state index contributed by atoms with van der Waals surface area (Å²) in [6, 6.07) is 25.4. The summed E-state index contributed by atoms with van der Waals surface area (Å²) in [6.07, 6.45) is 1.58. The van der Waals surface area contributed by atoms with Gasteiger partial charge in [-0.05, 0) is 67.2 Å². The van der Waals surface area contributed by atoms with Gasteiger partial charge in [0.1, 0.15) is 11.3 Å². The minimum atomic E-state index is -0.463. The number of anilines is 2. The average Bonchev–Trinajstić information content (AvgIpc) is 2.79. The smallest absolute Gasteiger partial charge is 0.270 e. The van der Waals surface area contributed by atoms with Gasteiger partial charge < -0.3 is 4.74 Å². The van der Waals surface area contributed by atoms with Crippen molar-refractivity contribution in [3.8, 4) is 5.75 Å². The summed E-state index contributed by atoms with van der Waals surface area (Å²) < 4.78 is 5.55. The van der Waals surface area contributed by atoms with Gasteiger partial charge in [0.15, 0.2) is 5.11 Å². The molecule has 0 aliphatic carbocycles. The van der Waals surface area contributed by atoms with Gasteiger partial charge in [-0.25, -0.2) is 0 Å². The number of thiocarbonyl (C=S) groups is 1. The van der Waals surface area contributed by atoms with Crippen LogP contribution in [-0.2, 0) is 9.59 Å². The molecule has 1 heterocycles. The Morgan fingerprint density at radius 3 is 1.87 bits per heavy atom. The molecule has 4 rings (SSSR count). The van der Waals surface area contributed by atoms with E-state index >= 15 is 0 Å². The van der Waals surface area contributed by atoms with Crippen molar-refractivity contribution in [3.63, 3.8) is 0 Å². The number of rotatable bonds is 5. The SMILES string of the molecule is CCOc1cccc(C=C2C(=O)N(c3ccccc3)C(=S)N(c3ccccc3)C2=O)c1. The number of amides is 2. The van der Waals surface area contributed by atoms with Crippen molar-refractivity contribution in [1.82, 2.24) is 0 Å². The molecule has 0 radical (unpaired) electrons. The molecule has 3 aromatic carbocycles. The van der Waals surface area contributed by atoms with Crippen LogP contribution in [0, 0.1) is 0 Å². The molecule has 6 heteroatoms. The lowest BCUT2D eigenvalue weighted by atomic mass is 10.0. The summed E-state index contributed by atoms with van der Waals surface area (Å²) in [4.78, 5) is 29.6. The number of benzene rings is 3. The number of hydrogen-bond acceptors (Lipinski definition) is 4. The van der Waals surface area contributed by atoms with Crippen molar-refractivity contribution in [3.05, 3.63) is 96.1 Å². The van der Waals surface area contributed by atoms with Crippen molar-refractivity contribution < 1.29 is 14.3 Å². The van der Waals surface area contributed by atoms with Gasteiger partial charge in [-0.3, -0.25) is 19.4 Å². The van der Waals surface area contributed by atoms with Gasteiger partial charge in [-0.1, -0.05) is 48.5 Å². The monoisotopic (exact) mass is 428 g/mol. The van der Waals surface area contributed by atoms with Gasteiger partial charge in [0.2, 0.25) is 0 Å². The minimum absolute atomic E-state index is 0.0231. The standard InChI is InChI=1S/C25H20N2O3S/c1-2-30-21-15-9-10-18(16-21)17-22-23(28)26(19-11-5-3-6-12-19)25(31)27(24(22)29)20-13-7-4-8-14-20/h3-17H,2H2,1H3. The topological polar surface area (TPSA) is 49.9 Å². The first-order valence-electron chi connectivity index (χ1n) is 9.87. The van der Waals surface area contributed by atoms with E-state index in [0.717, 1.165) is 0 Å². The van der Waals surface area contributed by atoms with Crippen LogP contribution in [-0.4, -0.2) is 23.5 Å². The normalized spacial score (nSPS) is 14.1. The van der Waals surface area contributed by atoms with Gasteiger partial charge in [0, 0.05) is 0 Å². The molecule has 31 heavy (non-hydrogen) atoms. The van der Waals surface area contributed by atoms with Crippen LogP contribution in [0.5, 0.6) is 5.75 Å². The molecule has 1 aliphatic heterocycles. The average molecular weight is 429 g/mol. The lowest BCUT2D eigenvalue weighted by Crippen LogP contribution is -2.56. The molecule has 0 spiro atoms. The molecule has 0 unspecified atom stereocenters. The molecular formula is C25H20N2O3S. The molecule has 1 aliphatic rings. The molecule has 0 aromatic heterocycles. The largest absolute Gasteiger partial charge is 0.494 e. The maximum absolute atomic E-state index is 13.4. The van der Waals surface area contributed by atoms with Crippen LogP contribution in [0.2, 0.25) is 0 Å². The third-order valence-electron chi connectivity index (χ3n) is 4.76. The second kappa shape index (κ2) is 8.93. The van der Waals surface area contributed by atoms with E-state index in [1.807, 2.05) is 61.5 Å². The predicted molar refractivity (Wildman–Crippen MR) is 126 cm³/mol. The lowest BCUT2D eigenvalue weighted by Gasteiger charge is -2.36. The van der Waals surface area contributed by atoms with Crippen molar-refractivity contribution in [2.75, 3.05) is 16.4 Å². The Hall–Kier alpha value is -3.77. The second-order valence-electron chi connectivity index (χ2n) is 6.80. The lowest BCUT2D eigenvalue weighted by molar-refractivity contribution is -0.120. The summed E-state index contributed by atoms with van der Waals surface area (Å²) in [5.41, 5.74) is 1.91. The van der Waals surface area contributed by atoms with Crippen LogP contribution in [0.25, 0.3) is 6.08 Å². The van der Waals surface area contributed by atoms with E-state index in [-0.39, 0.29) is 10.7 Å². The summed E-state index contributed by atoms with van der Waals surface area (Å²) in [5, 5.41) is 0.118. The van der Waals surface area contributed by atoms with Gasteiger partial charge in [0.25, 0.3) is 11.8 Å². The van der Waals surface area contributed by atoms with Crippen LogP contribution in [0.1, 0.15) is 12.5 Å². The zero-order valence-corrected chi connectivity index (χ0v) is 17.7. The maximum Gasteiger partial charge on any atom is 0.270 e. The van der Waals surface area contributed by atoms with Crippen molar-refractivity contribution in [1.29, 1.82) is 0 Å². The Bertz CT molecular complexity index is 1100. The highest BCUT2D eigenvalue weighted by Crippen LogP contribution is 2.30. The third-order valence-corrected chi connectivity index (χ3v) is 5.12. The first kappa shape index (κ1) is 20.5. The molecule has 1 fully saturated rings. The fourth-order valence-electron chi connectivity index (χ4n) is 3.37. The third kappa shape index (κ3) is 4.11. The fraction of sp³-hybridized carbons (Fsp3) is 0.0800. The summed E-state index contributed by atoms with van der Waals surface area (Å²) in [6.45, 7) is 2.42. The first-order valence-corrected chi connectivity index (χ1v) is 10.3. The molecule has 3 aromatic rings. The Morgan fingerprint density at radius 2 is 1.35 bits per heavy atom.